The maximum Gasteiger partial charge on any atom is 0.416 e. The number of carbonyl (C=O) groups excluding carboxylic acids is 2. The van der Waals surface area contributed by atoms with Crippen molar-refractivity contribution in [3.8, 4) is 0 Å². The second kappa shape index (κ2) is 22.7. The fraction of sp³-hybridized carbons (Fsp3) is 0.796. The minimum Gasteiger partial charge on any atom is -0.459 e. The third-order valence-corrected chi connectivity index (χ3v) is 15.1. The predicted octanol–water partition coefficient (Wildman–Crippen LogP) is 4.71. The van der Waals surface area contributed by atoms with E-state index in [0.717, 1.165) is 12.1 Å². The van der Waals surface area contributed by atoms with Crippen molar-refractivity contribution in [2.75, 3.05) is 27.8 Å². The van der Waals surface area contributed by atoms with Crippen molar-refractivity contribution < 1.29 is 76.3 Å². The topological polar surface area (TPSA) is 214 Å². The zero-order chi connectivity index (χ0) is 51.6. The number of carbonyl (C=O) groups is 2. The van der Waals surface area contributed by atoms with Gasteiger partial charge in [0.15, 0.2) is 12.6 Å². The number of halogens is 3. The molecular formula is C49H77F3N4O13. The van der Waals surface area contributed by atoms with E-state index in [1.807, 2.05) is 18.9 Å². The standard InChI is InChI=1S/C49H77F3N4O13/c1-14-36-48(10,62)41(59)28(4)38(57)26(2)22-47(9,64-13)43(29(5)40(30(6)44(61)67-36)68-37-23-46(8,63-12)42(60)31(7)66-37)69-45-39(58)35(21-27(3)65-45)55(11)20-19-34-25-56(54-53-34)24-32-15-17-33(18-16-32)49(50,51)52/h15-18,25-31,35-37,39-43,45,58-60,62H,14,19-24H2,1-13H3/t26-,27-,28+,29+,30-,31+,35+,36-,37+,39-,40+,41-,42+,43-,45+,46-,47-,48-/m1/s1. The molecule has 0 saturated carbocycles. The van der Waals surface area contributed by atoms with Crippen LogP contribution < -0.4 is 0 Å². The van der Waals surface area contributed by atoms with E-state index < -0.39 is 126 Å². The quantitative estimate of drug-likeness (QED) is 0.200. The summed E-state index contributed by atoms with van der Waals surface area (Å²) in [5, 5.41) is 55.1. The number of aliphatic hydroxyl groups is 4. The van der Waals surface area contributed by atoms with Crippen LogP contribution in [0.5, 0.6) is 0 Å². The molecule has 3 aliphatic rings. The van der Waals surface area contributed by atoms with Crippen LogP contribution in [0.4, 0.5) is 13.2 Å². The molecular weight excluding hydrogens is 910 g/mol. The summed E-state index contributed by atoms with van der Waals surface area (Å²) >= 11 is 0. The van der Waals surface area contributed by atoms with E-state index in [-0.39, 0.29) is 31.6 Å². The molecule has 0 radical (unpaired) electrons. The molecule has 0 spiro atoms. The number of ether oxygens (including phenoxy) is 7. The fourth-order valence-corrected chi connectivity index (χ4v) is 10.5. The Kier molecular flexibility index (Phi) is 18.7. The molecule has 3 saturated heterocycles. The van der Waals surface area contributed by atoms with E-state index in [1.165, 1.54) is 40.2 Å². The van der Waals surface area contributed by atoms with Crippen molar-refractivity contribution in [1.29, 1.82) is 0 Å². The second-order valence-corrected chi connectivity index (χ2v) is 20.5. The number of esters is 1. The van der Waals surface area contributed by atoms with Gasteiger partial charge in [-0.15, -0.1) is 5.10 Å². The zero-order valence-electron chi connectivity index (χ0n) is 42.4. The average Bonchev–Trinajstić information content (AvgIpc) is 3.75. The molecule has 0 aliphatic carbocycles. The summed E-state index contributed by atoms with van der Waals surface area (Å²) in [6, 6.07) is 4.37. The van der Waals surface area contributed by atoms with Gasteiger partial charge in [-0.25, -0.2) is 4.68 Å². The number of ketones is 1. The molecule has 0 amide bonds. The Balaban J connectivity index is 1.46. The Morgan fingerprint density at radius 2 is 1.54 bits per heavy atom. The highest BCUT2D eigenvalue weighted by Gasteiger charge is 2.54. The minimum atomic E-state index is -4.44. The lowest BCUT2D eigenvalue weighted by molar-refractivity contribution is -0.319. The first-order valence-electron chi connectivity index (χ1n) is 24.1. The summed E-state index contributed by atoms with van der Waals surface area (Å²) < 4.78 is 85.3. The van der Waals surface area contributed by atoms with Gasteiger partial charge < -0.3 is 58.5 Å². The molecule has 4 heterocycles. The average molecular weight is 987 g/mol. The van der Waals surface area contributed by atoms with Gasteiger partial charge in [0.25, 0.3) is 0 Å². The number of rotatable bonds is 13. The summed E-state index contributed by atoms with van der Waals surface area (Å²) in [6.45, 7) is 17.4. The van der Waals surface area contributed by atoms with Gasteiger partial charge in [-0.2, -0.15) is 13.2 Å². The number of benzene rings is 1. The van der Waals surface area contributed by atoms with Crippen LogP contribution in [0.15, 0.2) is 30.5 Å². The van der Waals surface area contributed by atoms with E-state index in [4.69, 9.17) is 33.2 Å². The van der Waals surface area contributed by atoms with Gasteiger partial charge in [-0.05, 0) is 85.5 Å². The third-order valence-electron chi connectivity index (χ3n) is 15.1. The van der Waals surface area contributed by atoms with E-state index in [0.29, 0.717) is 30.6 Å². The van der Waals surface area contributed by atoms with Crippen LogP contribution in [0.1, 0.15) is 112 Å². The van der Waals surface area contributed by atoms with Crippen LogP contribution >= 0.6 is 0 Å². The first-order chi connectivity index (χ1) is 32.1. The number of aliphatic hydroxyl groups excluding tert-OH is 3. The number of hydrogen-bond acceptors (Lipinski definition) is 16. The van der Waals surface area contributed by atoms with Crippen LogP contribution in [0.2, 0.25) is 0 Å². The molecule has 3 aliphatic heterocycles. The number of hydrogen-bond donors (Lipinski definition) is 4. The molecule has 20 heteroatoms. The smallest absolute Gasteiger partial charge is 0.416 e. The van der Waals surface area contributed by atoms with Crippen LogP contribution in [-0.2, 0) is 61.9 Å². The first-order valence-corrected chi connectivity index (χ1v) is 24.1. The number of cyclic esters (lactones) is 1. The van der Waals surface area contributed by atoms with E-state index in [9.17, 15) is 43.2 Å². The Hall–Kier alpha value is -3.15. The van der Waals surface area contributed by atoms with Crippen LogP contribution in [0.25, 0.3) is 0 Å². The minimum absolute atomic E-state index is 0.0332. The van der Waals surface area contributed by atoms with Gasteiger partial charge in [-0.1, -0.05) is 45.0 Å². The van der Waals surface area contributed by atoms with Crippen LogP contribution in [0, 0.1) is 23.7 Å². The lowest BCUT2D eigenvalue weighted by atomic mass is 9.74. The summed E-state index contributed by atoms with van der Waals surface area (Å²) in [5.74, 6) is -4.91. The number of aromatic nitrogens is 3. The van der Waals surface area contributed by atoms with Gasteiger partial charge in [0.05, 0.1) is 65.4 Å². The number of likely N-dealkylation sites (N-methyl/N-ethyl adjacent to an activating group) is 1. The lowest BCUT2D eigenvalue weighted by Crippen LogP contribution is -2.61. The molecule has 18 atom stereocenters. The van der Waals surface area contributed by atoms with E-state index >= 15 is 0 Å². The van der Waals surface area contributed by atoms with Crippen molar-refractivity contribution >= 4 is 11.8 Å². The molecule has 4 N–H and O–H groups in total. The number of nitrogens with zero attached hydrogens (tertiary/aromatic N) is 4. The van der Waals surface area contributed by atoms with Gasteiger partial charge in [0.1, 0.15) is 29.7 Å². The lowest BCUT2D eigenvalue weighted by Gasteiger charge is -2.50. The molecule has 17 nitrogen and oxygen atoms in total. The summed E-state index contributed by atoms with van der Waals surface area (Å²) in [6.07, 6.45) is -12.4. The highest BCUT2D eigenvalue weighted by molar-refractivity contribution is 5.83. The Morgan fingerprint density at radius 1 is 0.899 bits per heavy atom. The van der Waals surface area contributed by atoms with Crippen molar-refractivity contribution in [1.82, 2.24) is 19.9 Å². The maximum absolute atomic E-state index is 14.4. The fourth-order valence-electron chi connectivity index (χ4n) is 10.5. The zero-order valence-corrected chi connectivity index (χ0v) is 42.4. The number of alkyl halides is 3. The van der Waals surface area contributed by atoms with Gasteiger partial charge in [-0.3, -0.25) is 9.59 Å². The van der Waals surface area contributed by atoms with Crippen molar-refractivity contribution in [3.63, 3.8) is 0 Å². The first kappa shape index (κ1) is 56.8. The second-order valence-electron chi connectivity index (χ2n) is 20.5. The molecule has 0 unspecified atom stereocenters. The highest BCUT2D eigenvalue weighted by Crippen LogP contribution is 2.42. The predicted molar refractivity (Wildman–Crippen MR) is 244 cm³/mol. The Bertz CT molecular complexity index is 1990. The third kappa shape index (κ3) is 12.9. The molecule has 1 aromatic heterocycles. The molecule has 0 bridgehead atoms. The van der Waals surface area contributed by atoms with Crippen LogP contribution in [0.3, 0.4) is 0 Å². The molecule has 69 heavy (non-hydrogen) atoms. The largest absolute Gasteiger partial charge is 0.459 e. The van der Waals surface area contributed by atoms with E-state index in [1.54, 1.807) is 59.3 Å². The Labute approximate surface area is 404 Å². The van der Waals surface area contributed by atoms with E-state index in [2.05, 4.69) is 10.3 Å². The number of methoxy groups -OCH3 is 2. The molecule has 392 valence electrons. The normalized spacial score (nSPS) is 40.1. The molecule has 1 aromatic carbocycles. The van der Waals surface area contributed by atoms with Crippen LogP contribution in [-0.4, -0.2) is 164 Å². The summed E-state index contributed by atoms with van der Waals surface area (Å²) in [5.41, 5.74) is -3.95. The summed E-state index contributed by atoms with van der Waals surface area (Å²) in [7, 11) is 4.81. The molecule has 3 fully saturated rings. The molecule has 2 aromatic rings. The van der Waals surface area contributed by atoms with Crippen molar-refractivity contribution in [2.24, 2.45) is 23.7 Å². The van der Waals surface area contributed by atoms with Gasteiger partial charge in [0.2, 0.25) is 0 Å². The maximum atomic E-state index is 14.4. The molecule has 5 rings (SSSR count). The Morgan fingerprint density at radius 3 is 2.13 bits per heavy atom. The monoisotopic (exact) mass is 987 g/mol. The van der Waals surface area contributed by atoms with Crippen molar-refractivity contribution in [2.45, 2.75) is 198 Å². The SMILES string of the molecule is CC[C@H]1OC(=O)[C@H](C)[C@@H](O[C@H]2C[C@@](C)(OC)[C@@H](O)[C@H](C)O2)[C@H](C)[C@@H](O[C@@H]2O[C@H](C)C[C@H](N(C)CCc3cn(Cc4ccc(C(F)(F)F)cc4)nn3)[C@H]2O)[C@](C)(OC)C[C@@H](C)C(=O)[C@H](C)[C@@H](O)[C@]1(C)O. The highest BCUT2D eigenvalue weighted by atomic mass is 19.4. The summed E-state index contributed by atoms with van der Waals surface area (Å²) in [4.78, 5) is 30.6. The van der Waals surface area contributed by atoms with Crippen molar-refractivity contribution in [3.05, 3.63) is 47.3 Å². The number of Topliss-reactive ketones (excluding diaryl/α,β-unsaturated/α-hetero) is 1. The van der Waals surface area contributed by atoms with Gasteiger partial charge >= 0.3 is 12.1 Å². The van der Waals surface area contributed by atoms with Gasteiger partial charge in [0, 0.05) is 63.6 Å².